The molecular formula is C14H17N3O. The number of carbonyl (C=O) groups is 1. The van der Waals surface area contributed by atoms with Gasteiger partial charge in [0.1, 0.15) is 5.82 Å². The van der Waals surface area contributed by atoms with Gasteiger partial charge in [0.25, 0.3) is 0 Å². The van der Waals surface area contributed by atoms with Gasteiger partial charge in [-0.3, -0.25) is 9.69 Å². The number of rotatable bonds is 2. The predicted molar refractivity (Wildman–Crippen MR) is 71.6 cm³/mol. The minimum Gasteiger partial charge on any atom is -0.361 e. The van der Waals surface area contributed by atoms with Gasteiger partial charge in [-0.05, 0) is 24.0 Å². The van der Waals surface area contributed by atoms with Crippen LogP contribution >= 0.6 is 0 Å². The van der Waals surface area contributed by atoms with Gasteiger partial charge in [-0.2, -0.15) is 0 Å². The van der Waals surface area contributed by atoms with Crippen molar-refractivity contribution in [3.63, 3.8) is 0 Å². The van der Waals surface area contributed by atoms with E-state index in [1.165, 1.54) is 5.56 Å². The highest BCUT2D eigenvalue weighted by Crippen LogP contribution is 2.32. The Kier molecular flexibility index (Phi) is 2.58. The minimum atomic E-state index is 0.180. The Balaban J connectivity index is 2.19. The molecule has 0 aromatic carbocycles. The molecule has 0 bridgehead atoms. The highest BCUT2D eigenvalue weighted by Gasteiger charge is 2.25. The molecule has 3 rings (SSSR count). The maximum absolute atomic E-state index is 12.2. The van der Waals surface area contributed by atoms with Crippen LogP contribution in [0, 0.1) is 5.92 Å². The molecule has 1 N–H and O–H groups in total. The molecule has 2 aromatic rings. The molecule has 0 saturated heterocycles. The second-order valence-corrected chi connectivity index (χ2v) is 5.27. The summed E-state index contributed by atoms with van der Waals surface area (Å²) < 4.78 is 0. The van der Waals surface area contributed by atoms with Crippen LogP contribution in [0.15, 0.2) is 18.5 Å². The Morgan fingerprint density at radius 1 is 1.44 bits per heavy atom. The van der Waals surface area contributed by atoms with E-state index in [4.69, 9.17) is 0 Å². The van der Waals surface area contributed by atoms with Crippen LogP contribution in [-0.4, -0.2) is 22.4 Å². The lowest BCUT2D eigenvalue weighted by atomic mass is 10.1. The van der Waals surface area contributed by atoms with Crippen molar-refractivity contribution in [2.75, 3.05) is 11.4 Å². The van der Waals surface area contributed by atoms with Crippen molar-refractivity contribution in [1.82, 2.24) is 9.97 Å². The average Bonchev–Trinajstić information content (AvgIpc) is 2.70. The van der Waals surface area contributed by atoms with E-state index < -0.39 is 0 Å². The standard InChI is InChI=1S/C14H17N3O/c1-9(2)8-17-12(18)4-3-10-7-16-11-5-6-15-14(17)13(10)11/h5-7,9,16H,3-4,8H2,1-2H3. The topological polar surface area (TPSA) is 49.0 Å². The van der Waals surface area contributed by atoms with E-state index >= 15 is 0 Å². The van der Waals surface area contributed by atoms with Gasteiger partial charge in [-0.15, -0.1) is 0 Å². The van der Waals surface area contributed by atoms with Crippen LogP contribution in [-0.2, 0) is 11.2 Å². The number of amides is 1. The smallest absolute Gasteiger partial charge is 0.228 e. The zero-order chi connectivity index (χ0) is 12.7. The lowest BCUT2D eigenvalue weighted by molar-refractivity contribution is -0.118. The van der Waals surface area contributed by atoms with E-state index in [2.05, 4.69) is 23.8 Å². The molecule has 0 atom stereocenters. The number of nitrogens with one attached hydrogen (secondary N) is 1. The Hall–Kier alpha value is -1.84. The van der Waals surface area contributed by atoms with Crippen molar-refractivity contribution < 1.29 is 4.79 Å². The third-order valence-corrected chi connectivity index (χ3v) is 3.37. The number of anilines is 1. The highest BCUT2D eigenvalue weighted by molar-refractivity contribution is 6.04. The van der Waals surface area contributed by atoms with Crippen molar-refractivity contribution in [2.24, 2.45) is 5.92 Å². The first-order valence-electron chi connectivity index (χ1n) is 6.42. The molecule has 4 heteroatoms. The molecule has 0 fully saturated rings. The van der Waals surface area contributed by atoms with Gasteiger partial charge < -0.3 is 4.98 Å². The molecule has 0 spiro atoms. The van der Waals surface area contributed by atoms with E-state index in [0.717, 1.165) is 29.7 Å². The molecule has 3 heterocycles. The Morgan fingerprint density at radius 2 is 2.28 bits per heavy atom. The van der Waals surface area contributed by atoms with E-state index in [1.807, 2.05) is 17.2 Å². The molecule has 1 aliphatic rings. The zero-order valence-corrected chi connectivity index (χ0v) is 10.7. The highest BCUT2D eigenvalue weighted by atomic mass is 16.2. The maximum Gasteiger partial charge on any atom is 0.228 e. The summed E-state index contributed by atoms with van der Waals surface area (Å²) in [5.74, 6) is 1.44. The summed E-state index contributed by atoms with van der Waals surface area (Å²) in [6.45, 7) is 4.97. The number of hydrogen-bond donors (Lipinski definition) is 1. The minimum absolute atomic E-state index is 0.180. The molecule has 0 aliphatic carbocycles. The van der Waals surface area contributed by atoms with Gasteiger partial charge in [0.2, 0.25) is 5.91 Å². The maximum atomic E-state index is 12.2. The van der Waals surface area contributed by atoms with Crippen molar-refractivity contribution in [3.05, 3.63) is 24.0 Å². The zero-order valence-electron chi connectivity index (χ0n) is 10.7. The first-order chi connectivity index (χ1) is 8.66. The second-order valence-electron chi connectivity index (χ2n) is 5.27. The Bertz CT molecular complexity index is 600. The second kappa shape index (κ2) is 4.12. The van der Waals surface area contributed by atoms with Crippen molar-refractivity contribution in [2.45, 2.75) is 26.7 Å². The van der Waals surface area contributed by atoms with Crippen LogP contribution in [0.5, 0.6) is 0 Å². The number of aryl methyl sites for hydroxylation is 1. The fraction of sp³-hybridized carbons (Fsp3) is 0.429. The first-order valence-corrected chi connectivity index (χ1v) is 6.42. The van der Waals surface area contributed by atoms with Crippen molar-refractivity contribution in [3.8, 4) is 0 Å². The third kappa shape index (κ3) is 1.68. The quantitative estimate of drug-likeness (QED) is 0.881. The van der Waals surface area contributed by atoms with Gasteiger partial charge in [0.15, 0.2) is 0 Å². The van der Waals surface area contributed by atoms with Crippen LogP contribution in [0.2, 0.25) is 0 Å². The number of aromatic amines is 1. The summed E-state index contributed by atoms with van der Waals surface area (Å²) >= 11 is 0. The molecular weight excluding hydrogens is 226 g/mol. The number of carbonyl (C=O) groups excluding carboxylic acids is 1. The SMILES string of the molecule is CC(C)CN1C(=O)CCc2c[nH]c3ccnc1c23. The van der Waals surface area contributed by atoms with Crippen LogP contribution in [0.1, 0.15) is 25.8 Å². The van der Waals surface area contributed by atoms with Crippen LogP contribution in [0.3, 0.4) is 0 Å². The van der Waals surface area contributed by atoms with E-state index in [1.54, 1.807) is 6.20 Å². The first kappa shape index (κ1) is 11.3. The molecule has 94 valence electrons. The monoisotopic (exact) mass is 243 g/mol. The average molecular weight is 243 g/mol. The van der Waals surface area contributed by atoms with Gasteiger partial charge in [0, 0.05) is 30.7 Å². The molecule has 4 nitrogen and oxygen atoms in total. The van der Waals surface area contributed by atoms with Crippen LogP contribution < -0.4 is 4.90 Å². The van der Waals surface area contributed by atoms with Gasteiger partial charge in [-0.1, -0.05) is 13.8 Å². The van der Waals surface area contributed by atoms with E-state index in [9.17, 15) is 4.79 Å². The van der Waals surface area contributed by atoms with Gasteiger partial charge in [0.05, 0.1) is 5.52 Å². The number of aromatic nitrogens is 2. The van der Waals surface area contributed by atoms with Crippen molar-refractivity contribution >= 4 is 22.6 Å². The van der Waals surface area contributed by atoms with Gasteiger partial charge >= 0.3 is 0 Å². The van der Waals surface area contributed by atoms with Crippen LogP contribution in [0.4, 0.5) is 5.82 Å². The predicted octanol–water partition coefficient (Wildman–Crippen LogP) is 2.50. The number of H-pyrrole nitrogens is 1. The summed E-state index contributed by atoms with van der Waals surface area (Å²) in [5.41, 5.74) is 2.27. The van der Waals surface area contributed by atoms with Gasteiger partial charge in [-0.25, -0.2) is 4.98 Å². The fourth-order valence-electron chi connectivity index (χ4n) is 2.57. The molecule has 0 saturated carbocycles. The largest absolute Gasteiger partial charge is 0.361 e. The van der Waals surface area contributed by atoms with Crippen molar-refractivity contribution in [1.29, 1.82) is 0 Å². The normalized spacial score (nSPS) is 15.5. The number of pyridine rings is 1. The summed E-state index contributed by atoms with van der Waals surface area (Å²) in [6, 6.07) is 1.96. The Morgan fingerprint density at radius 3 is 3.06 bits per heavy atom. The number of nitrogens with zero attached hydrogens (tertiary/aromatic N) is 2. The molecule has 1 aliphatic heterocycles. The molecule has 18 heavy (non-hydrogen) atoms. The number of hydrogen-bond acceptors (Lipinski definition) is 2. The summed E-state index contributed by atoms with van der Waals surface area (Å²) in [5, 5.41) is 1.11. The molecule has 2 aromatic heterocycles. The molecule has 0 radical (unpaired) electrons. The lowest BCUT2D eigenvalue weighted by Crippen LogP contribution is -2.34. The Labute approximate surface area is 106 Å². The molecule has 1 amide bonds. The third-order valence-electron chi connectivity index (χ3n) is 3.37. The van der Waals surface area contributed by atoms with Crippen LogP contribution in [0.25, 0.3) is 10.9 Å². The summed E-state index contributed by atoms with van der Waals surface area (Å²) in [6.07, 6.45) is 5.13. The molecule has 0 unspecified atom stereocenters. The summed E-state index contributed by atoms with van der Waals surface area (Å²) in [4.78, 5) is 21.8. The fourth-order valence-corrected chi connectivity index (χ4v) is 2.57. The van der Waals surface area contributed by atoms with E-state index in [0.29, 0.717) is 12.3 Å². The van der Waals surface area contributed by atoms with E-state index in [-0.39, 0.29) is 5.91 Å². The summed E-state index contributed by atoms with van der Waals surface area (Å²) in [7, 11) is 0. The lowest BCUT2D eigenvalue weighted by Gasteiger charge is -2.23.